The molecule has 1 heterocycles. The van der Waals surface area contributed by atoms with Crippen molar-refractivity contribution in [1.29, 1.82) is 5.26 Å². The van der Waals surface area contributed by atoms with Crippen LogP contribution in [-0.2, 0) is 4.79 Å². The molecule has 224 valence electrons. The number of carboxylic acids is 2. The van der Waals surface area contributed by atoms with Crippen LogP contribution in [-0.4, -0.2) is 71.0 Å². The van der Waals surface area contributed by atoms with Gasteiger partial charge in [-0.15, -0.1) is 0 Å². The van der Waals surface area contributed by atoms with Crippen molar-refractivity contribution >= 4 is 29.4 Å². The number of ether oxygens (including phenoxy) is 2. The van der Waals surface area contributed by atoms with Crippen LogP contribution < -0.4 is 20.2 Å². The third-order valence-electron chi connectivity index (χ3n) is 8.08. The van der Waals surface area contributed by atoms with Gasteiger partial charge >= 0.3 is 11.9 Å². The molecule has 2 aromatic carbocycles. The van der Waals surface area contributed by atoms with E-state index in [0.29, 0.717) is 42.3 Å². The van der Waals surface area contributed by atoms with E-state index in [1.54, 1.807) is 18.2 Å². The van der Waals surface area contributed by atoms with Gasteiger partial charge in [0.15, 0.2) is 0 Å². The van der Waals surface area contributed by atoms with Crippen LogP contribution in [0.15, 0.2) is 36.4 Å². The lowest BCUT2D eigenvalue weighted by atomic mass is 9.49. The van der Waals surface area contributed by atoms with Gasteiger partial charge in [0.2, 0.25) is 5.91 Å². The maximum Gasteiger partial charge on any atom is 0.336 e. The molecule has 4 N–H and O–H groups in total. The number of hydrogen-bond acceptors (Lipinski definition) is 8. The van der Waals surface area contributed by atoms with Gasteiger partial charge in [-0.05, 0) is 43.2 Å². The first-order chi connectivity index (χ1) is 19.7. The molecule has 0 bridgehead atoms. The molecule has 1 aliphatic carbocycles. The van der Waals surface area contributed by atoms with Crippen LogP contribution in [0.3, 0.4) is 0 Å². The lowest BCUT2D eigenvalue weighted by Crippen LogP contribution is -2.75. The Morgan fingerprint density at radius 1 is 1.07 bits per heavy atom. The van der Waals surface area contributed by atoms with E-state index in [4.69, 9.17) is 31.4 Å². The zero-order valence-corrected chi connectivity index (χ0v) is 24.7. The summed E-state index contributed by atoms with van der Waals surface area (Å²) in [4.78, 5) is 35.8. The number of nitrogens with one attached hydrogen (secondary N) is 2. The lowest BCUT2D eigenvalue weighted by molar-refractivity contribution is -0.174. The van der Waals surface area contributed by atoms with E-state index in [9.17, 15) is 19.5 Å². The van der Waals surface area contributed by atoms with Crippen LogP contribution in [0.5, 0.6) is 11.5 Å². The molecule has 12 heteroatoms. The predicted octanol–water partition coefficient (Wildman–Crippen LogP) is 3.95. The third kappa shape index (κ3) is 6.31. The Bertz CT molecular complexity index is 1400. The molecule has 1 saturated carbocycles. The van der Waals surface area contributed by atoms with Gasteiger partial charge in [-0.2, -0.15) is 5.26 Å². The van der Waals surface area contributed by atoms with Gasteiger partial charge in [0.25, 0.3) is 0 Å². The summed E-state index contributed by atoms with van der Waals surface area (Å²) in [6.45, 7) is 9.80. The number of aromatic carboxylic acids is 2. The summed E-state index contributed by atoms with van der Waals surface area (Å²) in [5, 5.41) is 33.1. The number of amides is 1. The first-order valence-electron chi connectivity index (χ1n) is 13.7. The number of carbonyl (C=O) groups excluding carboxylic acids is 1. The van der Waals surface area contributed by atoms with E-state index < -0.39 is 11.9 Å². The van der Waals surface area contributed by atoms with Crippen LogP contribution in [0.25, 0.3) is 0 Å². The number of rotatable bonds is 11. The molecule has 0 spiro atoms. The molecule has 1 amide bonds. The topological polar surface area (TPSA) is 161 Å². The lowest BCUT2D eigenvalue weighted by Gasteiger charge is -2.63. The van der Waals surface area contributed by atoms with Crippen LogP contribution in [0.2, 0.25) is 5.02 Å². The van der Waals surface area contributed by atoms with Crippen molar-refractivity contribution in [3.63, 3.8) is 0 Å². The number of carbonyl (C=O) groups is 3. The molecule has 0 aromatic heterocycles. The fourth-order valence-corrected chi connectivity index (χ4v) is 6.47. The smallest absolute Gasteiger partial charge is 0.336 e. The number of halogens is 1. The van der Waals surface area contributed by atoms with Gasteiger partial charge in [0.1, 0.15) is 29.7 Å². The van der Waals surface area contributed by atoms with Gasteiger partial charge in [-0.25, -0.2) is 20.0 Å². The van der Waals surface area contributed by atoms with Crippen molar-refractivity contribution in [2.45, 2.75) is 58.7 Å². The van der Waals surface area contributed by atoms with Crippen molar-refractivity contribution in [2.75, 3.05) is 19.7 Å². The molecule has 1 atom stereocenters. The van der Waals surface area contributed by atoms with Crippen molar-refractivity contribution in [3.05, 3.63) is 58.1 Å². The van der Waals surface area contributed by atoms with Gasteiger partial charge in [-0.1, -0.05) is 39.3 Å². The summed E-state index contributed by atoms with van der Waals surface area (Å²) in [5.74, 6) is -1.88. The van der Waals surface area contributed by atoms with E-state index in [1.165, 1.54) is 18.2 Å². The summed E-state index contributed by atoms with van der Waals surface area (Å²) < 4.78 is 11.9. The Hall–Kier alpha value is -3.85. The minimum atomic E-state index is -1.34. The Balaban J connectivity index is 1.25. The van der Waals surface area contributed by atoms with E-state index >= 15 is 0 Å². The molecule has 2 aromatic rings. The molecule has 42 heavy (non-hydrogen) atoms. The largest absolute Gasteiger partial charge is 0.494 e. The second-order valence-electron chi connectivity index (χ2n) is 11.8. The highest BCUT2D eigenvalue weighted by Gasteiger charge is 2.64. The maximum absolute atomic E-state index is 13.2. The second kappa shape index (κ2) is 12.2. The molecule has 4 rings (SSSR count). The summed E-state index contributed by atoms with van der Waals surface area (Å²) in [7, 11) is 0. The third-order valence-corrected chi connectivity index (χ3v) is 8.39. The number of nitriles is 1. The van der Waals surface area contributed by atoms with Crippen LogP contribution >= 0.6 is 11.6 Å². The molecule has 2 aliphatic rings. The van der Waals surface area contributed by atoms with Crippen molar-refractivity contribution in [3.8, 4) is 17.6 Å². The first kappa shape index (κ1) is 31.1. The van der Waals surface area contributed by atoms with Crippen LogP contribution in [0.4, 0.5) is 0 Å². The molecule has 1 unspecified atom stereocenters. The maximum atomic E-state index is 13.2. The van der Waals surface area contributed by atoms with Gasteiger partial charge in [0, 0.05) is 36.0 Å². The highest BCUT2D eigenvalue weighted by molar-refractivity contribution is 6.31. The molecule has 2 fully saturated rings. The van der Waals surface area contributed by atoms with Gasteiger partial charge < -0.3 is 25.0 Å². The van der Waals surface area contributed by atoms with E-state index in [0.717, 1.165) is 0 Å². The van der Waals surface area contributed by atoms with E-state index in [2.05, 4.69) is 38.4 Å². The van der Waals surface area contributed by atoms with Gasteiger partial charge in [0.05, 0.1) is 28.3 Å². The number of hydrogen-bond donors (Lipinski definition) is 4. The standard InChI is InChI=1S/C30H35ClN4O7/c1-29(2)27(30(3,4)28(29)42-19-7-6-17(16-32)22(31)15-19)33-24(36)23-10-12-35(34-23)11-5-13-41-18-8-9-20(25(37)38)21(14-18)26(39)40/h6-9,14-15,23,27-28,34H,5,10-13H2,1-4H3,(H,33,36)(H,37,38)(H,39,40). The zero-order valence-electron chi connectivity index (χ0n) is 23.9. The number of nitrogens with zero attached hydrogens (tertiary/aromatic N) is 2. The van der Waals surface area contributed by atoms with Crippen molar-refractivity contribution in [2.24, 2.45) is 10.8 Å². The summed E-state index contributed by atoms with van der Waals surface area (Å²) in [5.41, 5.74) is 2.29. The molecule has 1 saturated heterocycles. The van der Waals surface area contributed by atoms with E-state index in [-0.39, 0.29) is 58.4 Å². The zero-order chi connectivity index (χ0) is 30.8. The minimum absolute atomic E-state index is 0.0838. The predicted molar refractivity (Wildman–Crippen MR) is 154 cm³/mol. The Morgan fingerprint density at radius 2 is 1.74 bits per heavy atom. The fraction of sp³-hybridized carbons (Fsp3) is 0.467. The quantitative estimate of drug-likeness (QED) is 0.279. The molecule has 1 aliphatic heterocycles. The van der Waals surface area contributed by atoms with Crippen LogP contribution in [0.1, 0.15) is 66.8 Å². The normalized spacial score (nSPS) is 22.4. The minimum Gasteiger partial charge on any atom is -0.494 e. The van der Waals surface area contributed by atoms with Crippen molar-refractivity contribution in [1.82, 2.24) is 15.8 Å². The summed E-state index contributed by atoms with van der Waals surface area (Å²) in [6.07, 6.45) is 1.05. The second-order valence-corrected chi connectivity index (χ2v) is 12.2. The molecular weight excluding hydrogens is 564 g/mol. The van der Waals surface area contributed by atoms with E-state index in [1.807, 2.05) is 11.1 Å². The average molecular weight is 599 g/mol. The number of hydrazine groups is 1. The highest BCUT2D eigenvalue weighted by atomic mass is 35.5. The number of carboxylic acid groups (broad SMARTS) is 2. The SMILES string of the molecule is CC1(C)C(NC(=O)C2CCN(CCCOc3ccc(C(=O)O)c(C(=O)O)c3)N2)C(C)(C)C1Oc1ccc(C#N)c(Cl)c1. The highest BCUT2D eigenvalue weighted by Crippen LogP contribution is 2.55. The summed E-state index contributed by atoms with van der Waals surface area (Å²) >= 11 is 6.18. The fourth-order valence-electron chi connectivity index (χ4n) is 6.26. The first-order valence-corrected chi connectivity index (χ1v) is 14.0. The molecular formula is C30H35ClN4O7. The average Bonchev–Trinajstić information content (AvgIpc) is 3.41. The van der Waals surface area contributed by atoms with Crippen LogP contribution in [0, 0.1) is 22.2 Å². The van der Waals surface area contributed by atoms with Crippen molar-refractivity contribution < 1.29 is 34.1 Å². The Morgan fingerprint density at radius 3 is 2.36 bits per heavy atom. The number of benzene rings is 2. The monoisotopic (exact) mass is 598 g/mol. The Labute approximate surface area is 249 Å². The molecule has 0 radical (unpaired) electrons. The molecule has 11 nitrogen and oxygen atoms in total. The Kier molecular flexibility index (Phi) is 9.01. The van der Waals surface area contributed by atoms with Gasteiger partial charge in [-0.3, -0.25) is 4.79 Å². The summed E-state index contributed by atoms with van der Waals surface area (Å²) in [6, 6.07) is 10.4.